The molecule has 1 amide bonds. The number of aryl methyl sites for hydroxylation is 1. The highest BCUT2D eigenvalue weighted by molar-refractivity contribution is 8.26. The van der Waals surface area contributed by atoms with Crippen molar-refractivity contribution in [3.8, 4) is 22.7 Å². The van der Waals surface area contributed by atoms with E-state index in [1.807, 2.05) is 61.7 Å². The maximum Gasteiger partial charge on any atom is 0.305 e. The Kier molecular flexibility index (Phi) is 7.91. The molecule has 0 saturated carbocycles. The number of rotatable bonds is 9. The fraction of sp³-hybridized carbons (Fsp3) is 0.259. The van der Waals surface area contributed by atoms with Crippen LogP contribution in [0.2, 0.25) is 0 Å². The van der Waals surface area contributed by atoms with Crippen LogP contribution < -0.4 is 4.74 Å². The summed E-state index contributed by atoms with van der Waals surface area (Å²) < 4.78 is 8.07. The molecule has 1 fully saturated rings. The molecule has 0 bridgehead atoms. The summed E-state index contributed by atoms with van der Waals surface area (Å²) in [6, 6.07) is 15.7. The number of hydrogen-bond acceptors (Lipinski definition) is 6. The molecule has 1 aliphatic heterocycles. The number of thioether (sulfide) groups is 1. The summed E-state index contributed by atoms with van der Waals surface area (Å²) in [7, 11) is 0. The van der Waals surface area contributed by atoms with Gasteiger partial charge in [-0.15, -0.1) is 0 Å². The second kappa shape index (κ2) is 11.1. The third-order valence-corrected chi connectivity index (χ3v) is 6.87. The first-order valence-corrected chi connectivity index (χ1v) is 12.8. The number of thiocarbonyl (C=S) groups is 1. The second-order valence-corrected chi connectivity index (χ2v) is 10.6. The number of carboxylic acids is 1. The molecule has 9 heteroatoms. The van der Waals surface area contributed by atoms with E-state index in [1.165, 1.54) is 16.7 Å². The van der Waals surface area contributed by atoms with Gasteiger partial charge in [0.05, 0.1) is 23.6 Å². The summed E-state index contributed by atoms with van der Waals surface area (Å²) in [4.78, 5) is 25.8. The average Bonchev–Trinajstić information content (AvgIpc) is 3.38. The van der Waals surface area contributed by atoms with Crippen LogP contribution in [0.25, 0.3) is 23.0 Å². The number of benzene rings is 2. The maximum absolute atomic E-state index is 13.0. The van der Waals surface area contributed by atoms with E-state index in [-0.39, 0.29) is 18.9 Å². The van der Waals surface area contributed by atoms with Crippen molar-refractivity contribution in [3.05, 3.63) is 70.8 Å². The summed E-state index contributed by atoms with van der Waals surface area (Å²) >= 11 is 6.52. The lowest BCUT2D eigenvalue weighted by atomic mass is 10.0. The van der Waals surface area contributed by atoms with Crippen molar-refractivity contribution in [1.82, 2.24) is 14.7 Å². The molecule has 0 unspecified atom stereocenters. The van der Waals surface area contributed by atoms with E-state index >= 15 is 0 Å². The molecule has 4 rings (SSSR count). The van der Waals surface area contributed by atoms with E-state index in [0.29, 0.717) is 27.4 Å². The molecular weight excluding hydrogens is 494 g/mol. The minimum Gasteiger partial charge on any atom is -0.493 e. The van der Waals surface area contributed by atoms with E-state index in [0.717, 1.165) is 28.1 Å². The fourth-order valence-corrected chi connectivity index (χ4v) is 4.99. The Morgan fingerprint density at radius 2 is 1.97 bits per heavy atom. The molecule has 3 aromatic rings. The minimum absolute atomic E-state index is 0.0461. The van der Waals surface area contributed by atoms with Gasteiger partial charge >= 0.3 is 5.97 Å². The first kappa shape index (κ1) is 25.7. The molecule has 0 aliphatic carbocycles. The monoisotopic (exact) mass is 521 g/mol. The molecule has 1 aliphatic rings. The van der Waals surface area contributed by atoms with Crippen molar-refractivity contribution in [3.63, 3.8) is 0 Å². The molecule has 0 spiro atoms. The Hall–Kier alpha value is -3.43. The number of amides is 1. The number of hydrogen-bond donors (Lipinski definition) is 1. The number of carbonyl (C=O) groups excluding carboxylic acids is 1. The van der Waals surface area contributed by atoms with Crippen molar-refractivity contribution in [2.24, 2.45) is 5.92 Å². The smallest absolute Gasteiger partial charge is 0.305 e. The number of aromatic nitrogens is 2. The van der Waals surface area contributed by atoms with Gasteiger partial charge in [-0.05, 0) is 54.8 Å². The molecule has 1 aromatic heterocycles. The van der Waals surface area contributed by atoms with Crippen LogP contribution in [-0.4, -0.2) is 49.1 Å². The van der Waals surface area contributed by atoms with Crippen LogP contribution in [-0.2, 0) is 9.59 Å². The van der Waals surface area contributed by atoms with Gasteiger partial charge in [-0.2, -0.15) is 5.10 Å². The van der Waals surface area contributed by atoms with Crippen molar-refractivity contribution in [1.29, 1.82) is 0 Å². The largest absolute Gasteiger partial charge is 0.493 e. The summed E-state index contributed by atoms with van der Waals surface area (Å²) in [5, 5.41) is 13.8. The number of carbonyl (C=O) groups is 2. The first-order valence-electron chi connectivity index (χ1n) is 11.6. The molecule has 0 atom stereocenters. The van der Waals surface area contributed by atoms with Gasteiger partial charge in [-0.1, -0.05) is 56.0 Å². The van der Waals surface area contributed by atoms with Crippen LogP contribution in [0.15, 0.2) is 59.6 Å². The number of carboxylic acid groups (broad SMARTS) is 1. The SMILES string of the molecule is Cc1cc(-c2nn(-c3ccccc3)cc2/C=C2\SC(=S)N(CCC(=O)O)C2=O)ccc1OCC(C)C. The van der Waals surface area contributed by atoms with Crippen molar-refractivity contribution in [2.45, 2.75) is 27.2 Å². The van der Waals surface area contributed by atoms with Crippen molar-refractivity contribution >= 4 is 46.3 Å². The summed E-state index contributed by atoms with van der Waals surface area (Å²) in [5.41, 5.74) is 4.25. The predicted octanol–water partition coefficient (Wildman–Crippen LogP) is 5.56. The van der Waals surface area contributed by atoms with Crippen LogP contribution in [0.5, 0.6) is 5.75 Å². The second-order valence-electron chi connectivity index (χ2n) is 8.88. The van der Waals surface area contributed by atoms with E-state index in [4.69, 9.17) is 27.2 Å². The van der Waals surface area contributed by atoms with Gasteiger partial charge in [0.1, 0.15) is 15.8 Å². The lowest BCUT2D eigenvalue weighted by Crippen LogP contribution is -2.30. The molecule has 2 aromatic carbocycles. The molecule has 7 nitrogen and oxygen atoms in total. The van der Waals surface area contributed by atoms with Gasteiger partial charge in [-0.25, -0.2) is 4.68 Å². The normalized spacial score (nSPS) is 14.8. The van der Waals surface area contributed by atoms with E-state index < -0.39 is 5.97 Å². The summed E-state index contributed by atoms with van der Waals surface area (Å²) in [6.45, 7) is 6.90. The van der Waals surface area contributed by atoms with Gasteiger partial charge in [0.15, 0.2) is 0 Å². The summed E-state index contributed by atoms with van der Waals surface area (Å²) in [6.07, 6.45) is 3.49. The van der Waals surface area contributed by atoms with Gasteiger partial charge in [0.25, 0.3) is 5.91 Å². The molecule has 0 radical (unpaired) electrons. The van der Waals surface area contributed by atoms with Crippen LogP contribution >= 0.6 is 24.0 Å². The number of ether oxygens (including phenoxy) is 1. The zero-order chi connectivity index (χ0) is 25.8. The highest BCUT2D eigenvalue weighted by atomic mass is 32.2. The Morgan fingerprint density at radius 3 is 2.64 bits per heavy atom. The van der Waals surface area contributed by atoms with Gasteiger partial charge < -0.3 is 9.84 Å². The first-order chi connectivity index (χ1) is 17.2. The number of para-hydroxylation sites is 1. The van der Waals surface area contributed by atoms with Gasteiger partial charge in [0.2, 0.25) is 0 Å². The maximum atomic E-state index is 13.0. The molecular formula is C27H27N3O4S2. The van der Waals surface area contributed by atoms with Crippen molar-refractivity contribution in [2.75, 3.05) is 13.2 Å². The Labute approximate surface area is 219 Å². The van der Waals surface area contributed by atoms with Crippen LogP contribution in [0.1, 0.15) is 31.4 Å². The highest BCUT2D eigenvalue weighted by Crippen LogP contribution is 2.35. The zero-order valence-electron chi connectivity index (χ0n) is 20.3. The third kappa shape index (κ3) is 5.85. The zero-order valence-corrected chi connectivity index (χ0v) is 21.9. The predicted molar refractivity (Wildman–Crippen MR) is 146 cm³/mol. The lowest BCUT2D eigenvalue weighted by Gasteiger charge is -2.12. The molecule has 1 saturated heterocycles. The number of aliphatic carboxylic acids is 1. The summed E-state index contributed by atoms with van der Waals surface area (Å²) in [5.74, 6) is -0.0174. The van der Waals surface area contributed by atoms with Crippen molar-refractivity contribution < 1.29 is 19.4 Å². The van der Waals surface area contributed by atoms with Gasteiger partial charge in [0, 0.05) is 23.9 Å². The molecule has 186 valence electrons. The standard InChI is InChI=1S/C27H27N3O4S2/c1-17(2)16-34-22-10-9-19(13-18(22)3)25-20(15-30(28-25)21-7-5-4-6-8-21)14-23-26(33)29(27(35)36-23)12-11-24(31)32/h4-10,13-15,17H,11-12,16H2,1-3H3,(H,31,32)/b23-14-. The average molecular weight is 522 g/mol. The topological polar surface area (TPSA) is 84.7 Å². The van der Waals surface area contributed by atoms with E-state index in [1.54, 1.807) is 10.8 Å². The molecule has 1 N–H and O–H groups in total. The number of nitrogens with zero attached hydrogens (tertiary/aromatic N) is 3. The van der Waals surface area contributed by atoms with E-state index in [2.05, 4.69) is 13.8 Å². The Balaban J connectivity index is 1.72. The highest BCUT2D eigenvalue weighted by Gasteiger charge is 2.32. The fourth-order valence-electron chi connectivity index (χ4n) is 3.69. The van der Waals surface area contributed by atoms with Gasteiger partial charge in [-0.3, -0.25) is 14.5 Å². The molecule has 2 heterocycles. The Bertz CT molecular complexity index is 1330. The van der Waals surface area contributed by atoms with Crippen LogP contribution in [0, 0.1) is 12.8 Å². The lowest BCUT2D eigenvalue weighted by molar-refractivity contribution is -0.137. The van der Waals surface area contributed by atoms with E-state index in [9.17, 15) is 9.59 Å². The van der Waals surface area contributed by atoms with Crippen LogP contribution in [0.3, 0.4) is 0 Å². The van der Waals surface area contributed by atoms with Crippen LogP contribution in [0.4, 0.5) is 0 Å². The molecule has 36 heavy (non-hydrogen) atoms. The Morgan fingerprint density at radius 1 is 1.22 bits per heavy atom. The minimum atomic E-state index is -0.976. The quantitative estimate of drug-likeness (QED) is 0.292. The third-order valence-electron chi connectivity index (χ3n) is 5.49.